The molecule has 0 spiro atoms. The summed E-state index contributed by atoms with van der Waals surface area (Å²) in [6, 6.07) is 11.2. The van der Waals surface area contributed by atoms with Crippen molar-refractivity contribution in [1.82, 2.24) is 15.3 Å². The monoisotopic (exact) mass is 509 g/mol. The van der Waals surface area contributed by atoms with E-state index in [2.05, 4.69) is 23.0 Å². The molecule has 2 amide bonds. The van der Waals surface area contributed by atoms with Crippen molar-refractivity contribution in [3.63, 3.8) is 0 Å². The summed E-state index contributed by atoms with van der Waals surface area (Å²) in [4.78, 5) is 30.0. The first-order chi connectivity index (χ1) is 17.3. The molecule has 1 aliphatic heterocycles. The molecule has 0 aliphatic carbocycles. The van der Waals surface area contributed by atoms with Crippen LogP contribution >= 0.6 is 11.3 Å². The van der Waals surface area contributed by atoms with E-state index in [0.717, 1.165) is 22.6 Å². The normalized spacial score (nSPS) is 13.9. The molecule has 186 valence electrons. The molecule has 1 unspecified atom stereocenters. The predicted molar refractivity (Wildman–Crippen MR) is 136 cm³/mol. The smallest absolute Gasteiger partial charge is 0.251 e. The van der Waals surface area contributed by atoms with Gasteiger partial charge in [-0.25, -0.2) is 14.4 Å². The number of ether oxygens (including phenoxy) is 1. The third-order valence-electron chi connectivity index (χ3n) is 5.60. The molecule has 1 aliphatic rings. The summed E-state index contributed by atoms with van der Waals surface area (Å²) in [5.74, 6) is 0.250. The number of aromatic hydroxyl groups is 1. The number of carbonyl (C=O) groups is 2. The van der Waals surface area contributed by atoms with Crippen LogP contribution in [0.4, 0.5) is 9.52 Å². The molecule has 2 aromatic carbocycles. The summed E-state index contributed by atoms with van der Waals surface area (Å²) in [5, 5.41) is 13.4. The van der Waals surface area contributed by atoms with Gasteiger partial charge in [-0.05, 0) is 42.5 Å². The van der Waals surface area contributed by atoms with Gasteiger partial charge in [0, 0.05) is 41.3 Å². The van der Waals surface area contributed by atoms with Crippen molar-refractivity contribution in [2.75, 3.05) is 18.9 Å². The quantitative estimate of drug-likeness (QED) is 0.301. The molecule has 1 atom stereocenters. The minimum atomic E-state index is -0.311. The van der Waals surface area contributed by atoms with Crippen molar-refractivity contribution in [2.45, 2.75) is 19.3 Å². The lowest BCUT2D eigenvalue weighted by molar-refractivity contribution is -0.106. The fourth-order valence-electron chi connectivity index (χ4n) is 3.92. The second-order valence-corrected chi connectivity index (χ2v) is 9.20. The fraction of sp³-hybridized carbons (Fsp3) is 0.200. The van der Waals surface area contributed by atoms with Crippen molar-refractivity contribution < 1.29 is 23.8 Å². The van der Waals surface area contributed by atoms with E-state index in [0.29, 0.717) is 46.2 Å². The number of amides is 2. The lowest BCUT2D eigenvalue weighted by atomic mass is 9.99. The van der Waals surface area contributed by atoms with Gasteiger partial charge in [-0.2, -0.15) is 0 Å². The van der Waals surface area contributed by atoms with Crippen LogP contribution in [0.2, 0.25) is 0 Å². The highest BCUT2D eigenvalue weighted by molar-refractivity contribution is 7.22. The van der Waals surface area contributed by atoms with E-state index in [1.54, 1.807) is 18.2 Å². The summed E-state index contributed by atoms with van der Waals surface area (Å²) >= 11 is 1.21. The number of anilines is 1. The lowest BCUT2D eigenvalue weighted by Crippen LogP contribution is -2.26. The van der Waals surface area contributed by atoms with Crippen LogP contribution in [0.1, 0.15) is 34.5 Å². The summed E-state index contributed by atoms with van der Waals surface area (Å²) in [6.45, 7) is 3.01. The Morgan fingerprint density at radius 2 is 2.00 bits per heavy atom. The number of carbonyl (C=O) groups excluding carboxylic acids is 2. The van der Waals surface area contributed by atoms with E-state index in [9.17, 15) is 14.3 Å². The maximum atomic E-state index is 13.4. The van der Waals surface area contributed by atoms with Gasteiger partial charge in [0.2, 0.25) is 6.41 Å². The van der Waals surface area contributed by atoms with Crippen molar-refractivity contribution in [2.24, 2.45) is 5.73 Å². The molecular formula is C25H24FN5O4S. The molecular weight excluding hydrogens is 485 g/mol. The van der Waals surface area contributed by atoms with Crippen molar-refractivity contribution in [3.05, 3.63) is 65.1 Å². The molecule has 0 radical (unpaired) electrons. The van der Waals surface area contributed by atoms with Crippen LogP contribution in [0.5, 0.6) is 11.5 Å². The number of hydrogen-bond donors (Lipinski definition) is 4. The number of pyridine rings is 1. The van der Waals surface area contributed by atoms with Crippen LogP contribution in [0.3, 0.4) is 0 Å². The van der Waals surface area contributed by atoms with Gasteiger partial charge in [0.25, 0.3) is 5.91 Å². The first-order valence-corrected chi connectivity index (χ1v) is 11.9. The Labute approximate surface area is 209 Å². The number of nitrogens with zero attached hydrogens (tertiary/aromatic N) is 2. The number of nitrogens with two attached hydrogens (primary N) is 2. The molecule has 0 saturated heterocycles. The Kier molecular flexibility index (Phi) is 7.30. The van der Waals surface area contributed by atoms with Crippen molar-refractivity contribution >= 4 is 39.0 Å². The highest BCUT2D eigenvalue weighted by Gasteiger charge is 2.26. The van der Waals surface area contributed by atoms with Gasteiger partial charge in [-0.1, -0.05) is 18.3 Å². The molecule has 3 heterocycles. The van der Waals surface area contributed by atoms with Gasteiger partial charge in [0.05, 0.1) is 11.3 Å². The number of rotatable bonds is 5. The topological polar surface area (TPSA) is 153 Å². The third kappa shape index (κ3) is 5.20. The van der Waals surface area contributed by atoms with Gasteiger partial charge in [-0.15, -0.1) is 0 Å². The summed E-state index contributed by atoms with van der Waals surface area (Å²) in [7, 11) is 0. The standard InChI is InChI=1S/C24H21FN4O3S.CH3NO/c1-12-11-32-22-17(12)10-16(28-20(22)13-2-4-15(25)5-3-13)6-7-27-23(31)14-8-18(30)21-19(9-14)33-24(26)29-21;2-1-3/h2-5,8-10,12,30H,6-7,11H2,1H3,(H2,26,29)(H,27,31);1H,(H2,2,3). The van der Waals surface area contributed by atoms with E-state index in [1.165, 1.54) is 29.5 Å². The summed E-state index contributed by atoms with van der Waals surface area (Å²) < 4.78 is 19.9. The maximum absolute atomic E-state index is 13.4. The molecule has 36 heavy (non-hydrogen) atoms. The maximum Gasteiger partial charge on any atom is 0.251 e. The number of phenols is 1. The van der Waals surface area contributed by atoms with Crippen LogP contribution in [-0.4, -0.2) is 40.5 Å². The number of hydrogen-bond acceptors (Lipinski definition) is 8. The second-order valence-electron chi connectivity index (χ2n) is 8.14. The van der Waals surface area contributed by atoms with Crippen molar-refractivity contribution in [1.29, 1.82) is 0 Å². The SMILES string of the molecule is CC1COc2c1cc(CCNC(=O)c1cc(O)c3nc(N)sc3c1)nc2-c1ccc(F)cc1.NC=O. The number of nitrogens with one attached hydrogen (secondary N) is 1. The lowest BCUT2D eigenvalue weighted by Gasteiger charge is -2.12. The Bertz CT molecular complexity index is 1420. The molecule has 5 rings (SSSR count). The van der Waals surface area contributed by atoms with E-state index in [-0.39, 0.29) is 29.8 Å². The number of nitrogen functional groups attached to an aromatic ring is 1. The number of halogens is 1. The van der Waals surface area contributed by atoms with Crippen molar-refractivity contribution in [3.8, 4) is 22.8 Å². The molecule has 4 aromatic rings. The van der Waals surface area contributed by atoms with E-state index >= 15 is 0 Å². The van der Waals surface area contributed by atoms with E-state index in [4.69, 9.17) is 20.2 Å². The highest BCUT2D eigenvalue weighted by Crippen LogP contribution is 2.41. The zero-order chi connectivity index (χ0) is 25.8. The predicted octanol–water partition coefficient (Wildman–Crippen LogP) is 3.36. The fourth-order valence-corrected chi connectivity index (χ4v) is 4.72. The first kappa shape index (κ1) is 24.9. The summed E-state index contributed by atoms with van der Waals surface area (Å²) in [6.07, 6.45) is 0.752. The zero-order valence-corrected chi connectivity index (χ0v) is 20.1. The molecule has 0 fully saturated rings. The Hall–Kier alpha value is -4.25. The molecule has 0 saturated carbocycles. The number of fused-ring (bicyclic) bond motifs is 2. The average Bonchev–Trinajstić information content (AvgIpc) is 3.42. The van der Waals surface area contributed by atoms with Crippen LogP contribution in [0, 0.1) is 5.82 Å². The number of aromatic nitrogens is 2. The number of primary amides is 1. The van der Waals surface area contributed by atoms with Crippen LogP contribution in [0.15, 0.2) is 42.5 Å². The molecule has 9 nitrogen and oxygen atoms in total. The van der Waals surface area contributed by atoms with E-state index < -0.39 is 0 Å². The third-order valence-corrected chi connectivity index (χ3v) is 6.43. The van der Waals surface area contributed by atoms with Crippen LogP contribution < -0.4 is 21.5 Å². The van der Waals surface area contributed by atoms with Gasteiger partial charge in [-0.3, -0.25) is 9.59 Å². The Balaban J connectivity index is 0.000000967. The van der Waals surface area contributed by atoms with Gasteiger partial charge >= 0.3 is 0 Å². The molecule has 2 aromatic heterocycles. The number of benzene rings is 2. The van der Waals surface area contributed by atoms with E-state index in [1.807, 2.05) is 6.07 Å². The first-order valence-electron chi connectivity index (χ1n) is 11.1. The summed E-state index contributed by atoms with van der Waals surface area (Å²) in [5.41, 5.74) is 13.9. The number of thiazole rings is 1. The molecule has 6 N–H and O–H groups in total. The Morgan fingerprint density at radius 3 is 2.72 bits per heavy atom. The van der Waals surface area contributed by atoms with Gasteiger partial charge in [0.1, 0.15) is 28.5 Å². The van der Waals surface area contributed by atoms with Crippen LogP contribution in [-0.2, 0) is 11.2 Å². The molecule has 0 bridgehead atoms. The highest BCUT2D eigenvalue weighted by atomic mass is 32.1. The minimum absolute atomic E-state index is 0.0798. The second kappa shape index (κ2) is 10.6. The average molecular weight is 510 g/mol. The van der Waals surface area contributed by atoms with Gasteiger partial charge in [0.15, 0.2) is 5.13 Å². The minimum Gasteiger partial charge on any atom is -0.506 e. The largest absolute Gasteiger partial charge is 0.506 e. The zero-order valence-electron chi connectivity index (χ0n) is 19.3. The van der Waals surface area contributed by atoms with Gasteiger partial charge < -0.3 is 26.6 Å². The number of phenolic OH excluding ortho intramolecular Hbond substituents is 1. The molecule has 11 heteroatoms. The van der Waals surface area contributed by atoms with Crippen LogP contribution in [0.25, 0.3) is 21.5 Å². The Morgan fingerprint density at radius 1 is 1.28 bits per heavy atom.